The summed E-state index contributed by atoms with van der Waals surface area (Å²) in [5, 5.41) is 6.40. The summed E-state index contributed by atoms with van der Waals surface area (Å²) in [7, 11) is 5.19. The van der Waals surface area contributed by atoms with Gasteiger partial charge in [0.2, 0.25) is 0 Å². The van der Waals surface area contributed by atoms with Gasteiger partial charge in [0.05, 0.1) is 19.9 Å². The molecule has 19 heavy (non-hydrogen) atoms. The summed E-state index contributed by atoms with van der Waals surface area (Å²) >= 11 is 0. The van der Waals surface area contributed by atoms with E-state index in [4.69, 9.17) is 9.47 Å². The van der Waals surface area contributed by atoms with Gasteiger partial charge in [-0.1, -0.05) is 0 Å². The standard InChI is InChI=1S/C15H18N2O2/c1-16-11-4-6-12(7-5-11)17-14-10-13(18-2)8-9-15(14)19-3/h4-10,16-17H,1-3H3. The molecule has 0 unspecified atom stereocenters. The SMILES string of the molecule is CNc1ccc(Nc2cc(OC)ccc2OC)cc1. The van der Waals surface area contributed by atoms with E-state index in [-0.39, 0.29) is 0 Å². The number of nitrogens with one attached hydrogen (secondary N) is 2. The molecule has 0 saturated carbocycles. The zero-order chi connectivity index (χ0) is 13.7. The minimum absolute atomic E-state index is 0.776. The number of anilines is 3. The summed E-state index contributed by atoms with van der Waals surface area (Å²) in [6.07, 6.45) is 0. The number of ether oxygens (including phenoxy) is 2. The second-order valence-corrected chi connectivity index (χ2v) is 4.02. The van der Waals surface area contributed by atoms with Crippen LogP contribution in [0.2, 0.25) is 0 Å². The summed E-state index contributed by atoms with van der Waals surface area (Å²) in [5.41, 5.74) is 2.94. The zero-order valence-electron chi connectivity index (χ0n) is 11.4. The van der Waals surface area contributed by atoms with E-state index in [1.807, 2.05) is 49.5 Å². The predicted octanol–water partition coefficient (Wildman–Crippen LogP) is 3.49. The smallest absolute Gasteiger partial charge is 0.142 e. The van der Waals surface area contributed by atoms with E-state index in [0.29, 0.717) is 0 Å². The maximum Gasteiger partial charge on any atom is 0.142 e. The average Bonchev–Trinajstić information content (AvgIpc) is 2.48. The molecule has 0 heterocycles. The molecule has 2 rings (SSSR count). The molecule has 100 valence electrons. The molecule has 0 spiro atoms. The van der Waals surface area contributed by atoms with Crippen molar-refractivity contribution in [3.63, 3.8) is 0 Å². The predicted molar refractivity (Wildman–Crippen MR) is 78.8 cm³/mol. The maximum atomic E-state index is 5.33. The summed E-state index contributed by atoms with van der Waals surface area (Å²) in [4.78, 5) is 0. The van der Waals surface area contributed by atoms with Crippen molar-refractivity contribution in [2.45, 2.75) is 0 Å². The molecular weight excluding hydrogens is 240 g/mol. The first kappa shape index (κ1) is 13.1. The van der Waals surface area contributed by atoms with Crippen molar-refractivity contribution in [1.29, 1.82) is 0 Å². The lowest BCUT2D eigenvalue weighted by Gasteiger charge is -2.13. The highest BCUT2D eigenvalue weighted by atomic mass is 16.5. The van der Waals surface area contributed by atoms with Crippen LogP contribution in [-0.2, 0) is 0 Å². The third-order valence-electron chi connectivity index (χ3n) is 2.86. The van der Waals surface area contributed by atoms with Crippen molar-refractivity contribution >= 4 is 17.1 Å². The van der Waals surface area contributed by atoms with E-state index >= 15 is 0 Å². The normalized spacial score (nSPS) is 9.84. The zero-order valence-corrected chi connectivity index (χ0v) is 11.4. The van der Waals surface area contributed by atoms with E-state index in [1.54, 1.807) is 14.2 Å². The number of hydrogen-bond acceptors (Lipinski definition) is 4. The molecule has 0 bridgehead atoms. The van der Waals surface area contributed by atoms with Crippen molar-refractivity contribution < 1.29 is 9.47 Å². The number of benzene rings is 2. The third-order valence-corrected chi connectivity index (χ3v) is 2.86. The van der Waals surface area contributed by atoms with Crippen molar-refractivity contribution in [3.05, 3.63) is 42.5 Å². The molecule has 0 fully saturated rings. The maximum absolute atomic E-state index is 5.33. The Morgan fingerprint density at radius 1 is 0.842 bits per heavy atom. The van der Waals surface area contributed by atoms with Crippen LogP contribution < -0.4 is 20.1 Å². The van der Waals surface area contributed by atoms with Gasteiger partial charge in [-0.3, -0.25) is 0 Å². The Kier molecular flexibility index (Phi) is 4.13. The minimum atomic E-state index is 0.776. The van der Waals surface area contributed by atoms with Gasteiger partial charge in [0, 0.05) is 24.5 Å². The first-order valence-corrected chi connectivity index (χ1v) is 6.03. The lowest BCUT2D eigenvalue weighted by atomic mass is 10.2. The van der Waals surface area contributed by atoms with Gasteiger partial charge in [0.15, 0.2) is 0 Å². The fourth-order valence-electron chi connectivity index (χ4n) is 1.79. The lowest BCUT2D eigenvalue weighted by Crippen LogP contribution is -1.96. The van der Waals surface area contributed by atoms with Crippen LogP contribution in [0, 0.1) is 0 Å². The molecule has 2 aromatic rings. The first-order valence-electron chi connectivity index (χ1n) is 6.03. The molecule has 2 N–H and O–H groups in total. The molecule has 0 radical (unpaired) electrons. The Morgan fingerprint density at radius 3 is 2.11 bits per heavy atom. The van der Waals surface area contributed by atoms with Gasteiger partial charge in [-0.15, -0.1) is 0 Å². The Labute approximate surface area is 113 Å². The van der Waals surface area contributed by atoms with E-state index in [2.05, 4.69) is 10.6 Å². The number of rotatable bonds is 5. The number of hydrogen-bond donors (Lipinski definition) is 2. The summed E-state index contributed by atoms with van der Waals surface area (Å²) in [6, 6.07) is 13.7. The van der Waals surface area contributed by atoms with Gasteiger partial charge in [-0.25, -0.2) is 0 Å². The average molecular weight is 258 g/mol. The van der Waals surface area contributed by atoms with Crippen LogP contribution >= 0.6 is 0 Å². The molecule has 4 nitrogen and oxygen atoms in total. The first-order chi connectivity index (χ1) is 9.26. The topological polar surface area (TPSA) is 42.5 Å². The molecule has 0 saturated heterocycles. The van der Waals surface area contributed by atoms with Gasteiger partial charge < -0.3 is 20.1 Å². The highest BCUT2D eigenvalue weighted by Crippen LogP contribution is 2.31. The second-order valence-electron chi connectivity index (χ2n) is 4.02. The molecule has 4 heteroatoms. The minimum Gasteiger partial charge on any atom is -0.497 e. The molecule has 0 aliphatic carbocycles. The summed E-state index contributed by atoms with van der Waals surface area (Å²) in [6.45, 7) is 0. The number of methoxy groups -OCH3 is 2. The van der Waals surface area contributed by atoms with Crippen LogP contribution in [0.15, 0.2) is 42.5 Å². The van der Waals surface area contributed by atoms with Crippen molar-refractivity contribution in [3.8, 4) is 11.5 Å². The largest absolute Gasteiger partial charge is 0.497 e. The Balaban J connectivity index is 2.25. The molecule has 0 aliphatic heterocycles. The molecule has 0 atom stereocenters. The quantitative estimate of drug-likeness (QED) is 0.861. The van der Waals surface area contributed by atoms with Crippen LogP contribution in [0.3, 0.4) is 0 Å². The van der Waals surface area contributed by atoms with E-state index in [1.165, 1.54) is 0 Å². The monoisotopic (exact) mass is 258 g/mol. The van der Waals surface area contributed by atoms with Gasteiger partial charge in [0.1, 0.15) is 11.5 Å². The molecule has 0 amide bonds. The van der Waals surface area contributed by atoms with Gasteiger partial charge in [0.25, 0.3) is 0 Å². The summed E-state index contributed by atoms with van der Waals surface area (Å²) < 4.78 is 10.6. The molecule has 0 aromatic heterocycles. The van der Waals surface area contributed by atoms with Crippen molar-refractivity contribution in [2.75, 3.05) is 31.9 Å². The second kappa shape index (κ2) is 6.00. The van der Waals surface area contributed by atoms with Crippen molar-refractivity contribution in [1.82, 2.24) is 0 Å². The fraction of sp³-hybridized carbons (Fsp3) is 0.200. The highest BCUT2D eigenvalue weighted by molar-refractivity contribution is 5.69. The Hall–Kier alpha value is -2.36. The lowest BCUT2D eigenvalue weighted by molar-refractivity contribution is 0.405. The van der Waals surface area contributed by atoms with Crippen LogP contribution in [0.5, 0.6) is 11.5 Å². The van der Waals surface area contributed by atoms with Gasteiger partial charge >= 0.3 is 0 Å². The van der Waals surface area contributed by atoms with Gasteiger partial charge in [-0.05, 0) is 36.4 Å². The van der Waals surface area contributed by atoms with E-state index < -0.39 is 0 Å². The fourth-order valence-corrected chi connectivity index (χ4v) is 1.79. The molecular formula is C15H18N2O2. The van der Waals surface area contributed by atoms with Crippen LogP contribution in [0.1, 0.15) is 0 Å². The van der Waals surface area contributed by atoms with Crippen LogP contribution in [0.25, 0.3) is 0 Å². The van der Waals surface area contributed by atoms with Crippen LogP contribution in [0.4, 0.5) is 17.1 Å². The Bertz CT molecular complexity index is 538. The van der Waals surface area contributed by atoms with Crippen LogP contribution in [-0.4, -0.2) is 21.3 Å². The van der Waals surface area contributed by atoms with Crippen molar-refractivity contribution in [2.24, 2.45) is 0 Å². The summed E-state index contributed by atoms with van der Waals surface area (Å²) in [5.74, 6) is 1.56. The van der Waals surface area contributed by atoms with E-state index in [0.717, 1.165) is 28.6 Å². The molecule has 0 aliphatic rings. The molecule has 2 aromatic carbocycles. The highest BCUT2D eigenvalue weighted by Gasteiger charge is 2.05. The van der Waals surface area contributed by atoms with Gasteiger partial charge in [-0.2, -0.15) is 0 Å². The van der Waals surface area contributed by atoms with E-state index in [9.17, 15) is 0 Å². The Morgan fingerprint density at radius 2 is 1.53 bits per heavy atom. The third kappa shape index (κ3) is 3.10.